The lowest BCUT2D eigenvalue weighted by Crippen LogP contribution is -1.94. The molecule has 3 aromatic rings. The maximum Gasteiger partial charge on any atom is 0.0707 e. The van der Waals surface area contributed by atoms with Gasteiger partial charge in [0.2, 0.25) is 0 Å². The van der Waals surface area contributed by atoms with Gasteiger partial charge in [-0.05, 0) is 60.2 Å². The molecule has 1 nitrogen and oxygen atoms in total. The van der Waals surface area contributed by atoms with Crippen LogP contribution in [0.2, 0.25) is 0 Å². The van der Waals surface area contributed by atoms with Gasteiger partial charge in [-0.2, -0.15) is 0 Å². The van der Waals surface area contributed by atoms with Crippen LogP contribution in [0.3, 0.4) is 0 Å². The van der Waals surface area contributed by atoms with E-state index in [1.807, 2.05) is 6.20 Å². The van der Waals surface area contributed by atoms with Gasteiger partial charge in [-0.1, -0.05) is 37.3 Å². The van der Waals surface area contributed by atoms with Crippen molar-refractivity contribution >= 4 is 10.9 Å². The van der Waals surface area contributed by atoms with Crippen molar-refractivity contribution in [2.24, 2.45) is 0 Å². The maximum atomic E-state index is 4.53. The first-order valence-electron chi connectivity index (χ1n) is 7.19. The maximum absolute atomic E-state index is 4.53. The normalized spacial score (nSPS) is 10.9. The summed E-state index contributed by atoms with van der Waals surface area (Å²) in [6, 6.07) is 17.3. The van der Waals surface area contributed by atoms with Crippen molar-refractivity contribution in [1.29, 1.82) is 0 Å². The second-order valence-corrected chi connectivity index (χ2v) is 5.28. The van der Waals surface area contributed by atoms with Crippen LogP contribution in [0.5, 0.6) is 0 Å². The zero-order valence-electron chi connectivity index (χ0n) is 12.1. The molecule has 0 saturated heterocycles. The molecule has 0 aliphatic carbocycles. The molecule has 0 atom stereocenters. The number of aryl methyl sites for hydroxylation is 2. The molecule has 3 rings (SSSR count). The van der Waals surface area contributed by atoms with Gasteiger partial charge in [0.15, 0.2) is 0 Å². The van der Waals surface area contributed by atoms with Gasteiger partial charge in [-0.15, -0.1) is 0 Å². The van der Waals surface area contributed by atoms with Crippen LogP contribution in [0, 0.1) is 6.92 Å². The Labute approximate surface area is 120 Å². The third-order valence-corrected chi connectivity index (χ3v) is 3.91. The summed E-state index contributed by atoms with van der Waals surface area (Å²) in [4.78, 5) is 4.53. The molecule has 0 amide bonds. The summed E-state index contributed by atoms with van der Waals surface area (Å²) in [7, 11) is 0. The fraction of sp³-hybridized carbons (Fsp3) is 0.211. The molecule has 2 aromatic carbocycles. The molecule has 0 aliphatic rings. The van der Waals surface area contributed by atoms with Gasteiger partial charge >= 0.3 is 0 Å². The molecule has 100 valence electrons. The van der Waals surface area contributed by atoms with Crippen LogP contribution in [0.4, 0.5) is 0 Å². The van der Waals surface area contributed by atoms with E-state index in [0.717, 1.165) is 18.4 Å². The van der Waals surface area contributed by atoms with E-state index < -0.39 is 0 Å². The minimum Gasteiger partial charge on any atom is -0.256 e. The van der Waals surface area contributed by atoms with Crippen molar-refractivity contribution in [2.75, 3.05) is 0 Å². The number of aromatic nitrogens is 1. The van der Waals surface area contributed by atoms with Crippen molar-refractivity contribution in [2.45, 2.75) is 26.7 Å². The van der Waals surface area contributed by atoms with Crippen LogP contribution < -0.4 is 0 Å². The van der Waals surface area contributed by atoms with E-state index in [9.17, 15) is 0 Å². The molecule has 20 heavy (non-hydrogen) atoms. The predicted molar refractivity (Wildman–Crippen MR) is 85.1 cm³/mol. The Balaban J connectivity index is 2.09. The topological polar surface area (TPSA) is 12.9 Å². The Hall–Kier alpha value is -2.15. The third kappa shape index (κ3) is 2.44. The molecule has 0 unspecified atom stereocenters. The molecule has 0 bridgehead atoms. The molecule has 0 radical (unpaired) electrons. The zero-order valence-corrected chi connectivity index (χ0v) is 12.1. The monoisotopic (exact) mass is 261 g/mol. The molecule has 0 saturated carbocycles. The van der Waals surface area contributed by atoms with E-state index in [-0.39, 0.29) is 0 Å². The Morgan fingerprint density at radius 3 is 2.50 bits per heavy atom. The van der Waals surface area contributed by atoms with E-state index in [0.29, 0.717) is 0 Å². The number of nitrogens with zero attached hydrogens (tertiary/aromatic N) is 1. The number of fused-ring (bicyclic) bond motifs is 1. The summed E-state index contributed by atoms with van der Waals surface area (Å²) in [5.41, 5.74) is 6.56. The predicted octanol–water partition coefficient (Wildman–Crippen LogP) is 4.70. The quantitative estimate of drug-likeness (QED) is 0.666. The lowest BCUT2D eigenvalue weighted by Gasteiger charge is -2.10. The van der Waals surface area contributed by atoms with Crippen LogP contribution in [-0.4, -0.2) is 4.98 Å². The van der Waals surface area contributed by atoms with Crippen molar-refractivity contribution in [3.8, 4) is 0 Å². The molecule has 1 heteroatoms. The number of hydrogen-bond donors (Lipinski definition) is 0. The Morgan fingerprint density at radius 2 is 1.75 bits per heavy atom. The number of benzene rings is 2. The van der Waals surface area contributed by atoms with Crippen molar-refractivity contribution in [1.82, 2.24) is 4.98 Å². The van der Waals surface area contributed by atoms with E-state index >= 15 is 0 Å². The van der Waals surface area contributed by atoms with E-state index in [1.54, 1.807) is 0 Å². The number of hydrogen-bond acceptors (Lipinski definition) is 1. The summed E-state index contributed by atoms with van der Waals surface area (Å²) in [6.07, 6.45) is 3.95. The molecule has 1 aromatic heterocycles. The smallest absolute Gasteiger partial charge is 0.0707 e. The Bertz CT molecular complexity index is 729. The van der Waals surface area contributed by atoms with E-state index in [1.165, 1.54) is 27.6 Å². The molecule has 1 heterocycles. The summed E-state index contributed by atoms with van der Waals surface area (Å²) in [5.74, 6) is 0. The van der Waals surface area contributed by atoms with Gasteiger partial charge in [0, 0.05) is 11.6 Å². The highest BCUT2D eigenvalue weighted by atomic mass is 14.6. The largest absolute Gasteiger partial charge is 0.256 e. The highest BCUT2D eigenvalue weighted by molar-refractivity contribution is 5.84. The summed E-state index contributed by atoms with van der Waals surface area (Å²) < 4.78 is 0. The van der Waals surface area contributed by atoms with Crippen molar-refractivity contribution < 1.29 is 0 Å². The highest BCUT2D eigenvalue weighted by Crippen LogP contribution is 2.23. The molecule has 0 N–H and O–H groups in total. The average Bonchev–Trinajstić information content (AvgIpc) is 2.48. The third-order valence-electron chi connectivity index (χ3n) is 3.91. The zero-order chi connectivity index (χ0) is 13.9. The van der Waals surface area contributed by atoms with Gasteiger partial charge in [0.1, 0.15) is 0 Å². The Morgan fingerprint density at radius 1 is 0.950 bits per heavy atom. The minimum atomic E-state index is 0.963. The SMILES string of the molecule is CCc1cc2nccc(Cc3ccccc3)c2cc1C. The van der Waals surface area contributed by atoms with Crippen LogP contribution >= 0.6 is 0 Å². The highest BCUT2D eigenvalue weighted by Gasteiger charge is 2.06. The average molecular weight is 261 g/mol. The summed E-state index contributed by atoms with van der Waals surface area (Å²) in [6.45, 7) is 4.39. The molecule has 0 fully saturated rings. The van der Waals surface area contributed by atoms with Crippen LogP contribution in [-0.2, 0) is 12.8 Å². The first-order chi connectivity index (χ1) is 9.78. The molecule has 0 aliphatic heterocycles. The summed E-state index contributed by atoms with van der Waals surface area (Å²) >= 11 is 0. The fourth-order valence-electron chi connectivity index (χ4n) is 2.75. The van der Waals surface area contributed by atoms with Gasteiger partial charge in [0.25, 0.3) is 0 Å². The number of pyridine rings is 1. The first kappa shape index (κ1) is 12.9. The minimum absolute atomic E-state index is 0.963. The lowest BCUT2D eigenvalue weighted by atomic mass is 9.97. The summed E-state index contributed by atoms with van der Waals surface area (Å²) in [5, 5.41) is 1.28. The van der Waals surface area contributed by atoms with Crippen molar-refractivity contribution in [3.63, 3.8) is 0 Å². The van der Waals surface area contributed by atoms with Crippen LogP contribution in [0.1, 0.15) is 29.2 Å². The van der Waals surface area contributed by atoms with Crippen molar-refractivity contribution in [3.05, 3.63) is 77.0 Å². The Kier molecular flexibility index (Phi) is 3.51. The molecular weight excluding hydrogens is 242 g/mol. The van der Waals surface area contributed by atoms with Gasteiger partial charge < -0.3 is 0 Å². The van der Waals surface area contributed by atoms with Crippen LogP contribution in [0.25, 0.3) is 10.9 Å². The second-order valence-electron chi connectivity index (χ2n) is 5.28. The fourth-order valence-corrected chi connectivity index (χ4v) is 2.75. The standard InChI is InChI=1S/C19H19N/c1-3-16-13-19-18(11-14(16)2)17(9-10-20-19)12-15-7-5-4-6-8-15/h4-11,13H,3,12H2,1-2H3. The first-order valence-corrected chi connectivity index (χ1v) is 7.19. The molecule has 0 spiro atoms. The second kappa shape index (κ2) is 5.46. The van der Waals surface area contributed by atoms with Gasteiger partial charge in [-0.25, -0.2) is 0 Å². The van der Waals surface area contributed by atoms with Gasteiger partial charge in [-0.3, -0.25) is 4.98 Å². The lowest BCUT2D eigenvalue weighted by molar-refractivity contribution is 1.11. The van der Waals surface area contributed by atoms with E-state index in [4.69, 9.17) is 0 Å². The van der Waals surface area contributed by atoms with Crippen LogP contribution in [0.15, 0.2) is 54.7 Å². The molecular formula is C19H19N. The van der Waals surface area contributed by atoms with E-state index in [2.05, 4.69) is 67.4 Å². The van der Waals surface area contributed by atoms with Gasteiger partial charge in [0.05, 0.1) is 5.52 Å². The number of rotatable bonds is 3.